The maximum absolute atomic E-state index is 12.0. The molecule has 0 radical (unpaired) electrons. The molecule has 1 heterocycles. The highest BCUT2D eigenvalue weighted by molar-refractivity contribution is 6.31. The zero-order valence-electron chi connectivity index (χ0n) is 12.8. The summed E-state index contributed by atoms with van der Waals surface area (Å²) in [6, 6.07) is 6.73. The zero-order valence-corrected chi connectivity index (χ0v) is 13.5. The summed E-state index contributed by atoms with van der Waals surface area (Å²) in [7, 11) is 0. The summed E-state index contributed by atoms with van der Waals surface area (Å²) in [6.45, 7) is 5.71. The molecule has 22 heavy (non-hydrogen) atoms. The molecule has 1 aromatic heterocycles. The van der Waals surface area contributed by atoms with E-state index in [0.29, 0.717) is 16.4 Å². The van der Waals surface area contributed by atoms with E-state index in [0.717, 1.165) is 5.56 Å². The van der Waals surface area contributed by atoms with Gasteiger partial charge in [0.25, 0.3) is 5.56 Å². The Balaban J connectivity index is 2.09. The standard InChI is InChI=1S/C16H18ClN3O2/c1-10(2)14-7-16(22)20(9-18-14)8-15(21)19-12-5-4-11(3)13(17)6-12/h4-7,9-10H,8H2,1-3H3,(H,19,21). The van der Waals surface area contributed by atoms with Gasteiger partial charge in [-0.15, -0.1) is 0 Å². The van der Waals surface area contributed by atoms with Gasteiger partial charge in [0, 0.05) is 16.8 Å². The van der Waals surface area contributed by atoms with Crippen LogP contribution in [0.15, 0.2) is 35.4 Å². The van der Waals surface area contributed by atoms with Crippen LogP contribution < -0.4 is 10.9 Å². The molecule has 1 aromatic carbocycles. The first-order valence-corrected chi connectivity index (χ1v) is 7.37. The average Bonchev–Trinajstić information content (AvgIpc) is 2.45. The number of aromatic nitrogens is 2. The van der Waals surface area contributed by atoms with Crippen molar-refractivity contribution in [1.29, 1.82) is 0 Å². The Hall–Kier alpha value is -2.14. The quantitative estimate of drug-likeness (QED) is 0.942. The molecular formula is C16H18ClN3O2. The topological polar surface area (TPSA) is 64.0 Å². The van der Waals surface area contributed by atoms with Crippen molar-refractivity contribution < 1.29 is 4.79 Å². The van der Waals surface area contributed by atoms with Crippen LogP contribution in [0.5, 0.6) is 0 Å². The van der Waals surface area contributed by atoms with E-state index in [1.807, 2.05) is 26.8 Å². The fraction of sp³-hybridized carbons (Fsp3) is 0.312. The summed E-state index contributed by atoms with van der Waals surface area (Å²) in [5, 5.41) is 3.29. The number of hydrogen-bond donors (Lipinski definition) is 1. The number of rotatable bonds is 4. The van der Waals surface area contributed by atoms with Crippen LogP contribution in [-0.2, 0) is 11.3 Å². The maximum atomic E-state index is 12.0. The van der Waals surface area contributed by atoms with Crippen molar-refractivity contribution >= 4 is 23.2 Å². The number of carbonyl (C=O) groups excluding carboxylic acids is 1. The first kappa shape index (κ1) is 16.2. The van der Waals surface area contributed by atoms with Gasteiger partial charge in [-0.25, -0.2) is 4.98 Å². The molecule has 0 aliphatic heterocycles. The summed E-state index contributed by atoms with van der Waals surface area (Å²) in [5.41, 5.74) is 2.01. The maximum Gasteiger partial charge on any atom is 0.254 e. The van der Waals surface area contributed by atoms with Gasteiger partial charge in [0.05, 0.1) is 12.0 Å². The van der Waals surface area contributed by atoms with Gasteiger partial charge in [-0.1, -0.05) is 31.5 Å². The lowest BCUT2D eigenvalue weighted by Gasteiger charge is -2.09. The van der Waals surface area contributed by atoms with Crippen LogP contribution in [0.2, 0.25) is 5.02 Å². The van der Waals surface area contributed by atoms with Crippen molar-refractivity contribution in [2.75, 3.05) is 5.32 Å². The van der Waals surface area contributed by atoms with Crippen LogP contribution in [0.25, 0.3) is 0 Å². The first-order valence-electron chi connectivity index (χ1n) is 6.99. The van der Waals surface area contributed by atoms with Crippen molar-refractivity contribution in [1.82, 2.24) is 9.55 Å². The number of nitrogens with one attached hydrogen (secondary N) is 1. The Morgan fingerprint density at radius 1 is 1.36 bits per heavy atom. The minimum atomic E-state index is -0.305. The number of hydrogen-bond acceptors (Lipinski definition) is 3. The molecule has 2 rings (SSSR count). The summed E-state index contributed by atoms with van der Waals surface area (Å²) >= 11 is 6.01. The van der Waals surface area contributed by atoms with Crippen LogP contribution >= 0.6 is 11.6 Å². The second-order valence-electron chi connectivity index (χ2n) is 5.45. The van der Waals surface area contributed by atoms with E-state index >= 15 is 0 Å². The number of anilines is 1. The van der Waals surface area contributed by atoms with E-state index in [1.165, 1.54) is 17.0 Å². The van der Waals surface area contributed by atoms with Crippen LogP contribution in [-0.4, -0.2) is 15.5 Å². The third-order valence-corrected chi connectivity index (χ3v) is 3.67. The average molecular weight is 320 g/mol. The number of nitrogens with zero attached hydrogens (tertiary/aromatic N) is 2. The molecule has 0 aliphatic rings. The van der Waals surface area contributed by atoms with E-state index in [9.17, 15) is 9.59 Å². The van der Waals surface area contributed by atoms with Gasteiger partial charge in [0.2, 0.25) is 5.91 Å². The van der Waals surface area contributed by atoms with Crippen molar-refractivity contribution in [2.45, 2.75) is 33.2 Å². The Kier molecular flexibility index (Phi) is 4.98. The number of carbonyl (C=O) groups is 1. The van der Waals surface area contributed by atoms with Gasteiger partial charge in [0.1, 0.15) is 6.54 Å². The third kappa shape index (κ3) is 3.95. The second kappa shape index (κ2) is 6.75. The molecule has 116 valence electrons. The fourth-order valence-electron chi connectivity index (χ4n) is 1.90. The lowest BCUT2D eigenvalue weighted by Crippen LogP contribution is -2.28. The number of benzene rings is 1. The van der Waals surface area contributed by atoms with Gasteiger partial charge in [0.15, 0.2) is 0 Å². The second-order valence-corrected chi connectivity index (χ2v) is 5.85. The molecule has 1 N–H and O–H groups in total. The van der Waals surface area contributed by atoms with E-state index < -0.39 is 0 Å². The largest absolute Gasteiger partial charge is 0.324 e. The van der Waals surface area contributed by atoms with Crippen LogP contribution in [0.3, 0.4) is 0 Å². The van der Waals surface area contributed by atoms with Crippen LogP contribution in [0, 0.1) is 6.92 Å². The number of aryl methyl sites for hydroxylation is 1. The minimum absolute atomic E-state index is 0.0876. The molecule has 0 fully saturated rings. The lowest BCUT2D eigenvalue weighted by molar-refractivity contribution is -0.116. The summed E-state index contributed by atoms with van der Waals surface area (Å²) in [5.74, 6) is -0.132. The van der Waals surface area contributed by atoms with Crippen LogP contribution in [0.4, 0.5) is 5.69 Å². The molecule has 0 unspecified atom stereocenters. The zero-order chi connectivity index (χ0) is 16.3. The molecular weight excluding hydrogens is 302 g/mol. The van der Waals surface area contributed by atoms with Crippen molar-refractivity contribution in [2.24, 2.45) is 0 Å². The third-order valence-electron chi connectivity index (χ3n) is 3.26. The Labute approximate surface area is 134 Å². The minimum Gasteiger partial charge on any atom is -0.324 e. The van der Waals surface area contributed by atoms with Gasteiger partial charge in [-0.2, -0.15) is 0 Å². The summed E-state index contributed by atoms with van der Waals surface area (Å²) in [4.78, 5) is 28.1. The Bertz CT molecular complexity index is 753. The molecule has 0 bridgehead atoms. The first-order chi connectivity index (χ1) is 10.4. The van der Waals surface area contributed by atoms with Crippen LogP contribution in [0.1, 0.15) is 31.0 Å². The van der Waals surface area contributed by atoms with Crippen molar-refractivity contribution in [3.63, 3.8) is 0 Å². The summed E-state index contributed by atoms with van der Waals surface area (Å²) < 4.78 is 1.27. The fourth-order valence-corrected chi connectivity index (χ4v) is 2.08. The van der Waals surface area contributed by atoms with E-state index in [1.54, 1.807) is 12.1 Å². The molecule has 2 aromatic rings. The Morgan fingerprint density at radius 2 is 2.09 bits per heavy atom. The highest BCUT2D eigenvalue weighted by Gasteiger charge is 2.08. The predicted molar refractivity (Wildman–Crippen MR) is 87.4 cm³/mol. The van der Waals surface area contributed by atoms with E-state index in [4.69, 9.17) is 11.6 Å². The normalized spacial score (nSPS) is 10.8. The molecule has 5 nitrogen and oxygen atoms in total. The van der Waals surface area contributed by atoms with Crippen molar-refractivity contribution in [3.8, 4) is 0 Å². The van der Waals surface area contributed by atoms with Gasteiger partial charge >= 0.3 is 0 Å². The molecule has 0 spiro atoms. The van der Waals surface area contributed by atoms with Gasteiger partial charge < -0.3 is 5.32 Å². The monoisotopic (exact) mass is 319 g/mol. The van der Waals surface area contributed by atoms with Gasteiger partial charge in [-0.3, -0.25) is 14.2 Å². The van der Waals surface area contributed by atoms with Crippen molar-refractivity contribution in [3.05, 3.63) is 57.2 Å². The molecule has 0 atom stereocenters. The molecule has 0 aliphatic carbocycles. The predicted octanol–water partition coefficient (Wildman–Crippen LogP) is 2.97. The smallest absolute Gasteiger partial charge is 0.254 e. The Morgan fingerprint density at radius 3 is 2.68 bits per heavy atom. The van der Waals surface area contributed by atoms with Gasteiger partial charge in [-0.05, 0) is 30.5 Å². The highest BCUT2D eigenvalue weighted by atomic mass is 35.5. The van der Waals surface area contributed by atoms with E-state index in [2.05, 4.69) is 10.3 Å². The molecule has 6 heteroatoms. The van der Waals surface area contributed by atoms with E-state index in [-0.39, 0.29) is 23.9 Å². The number of amides is 1. The molecule has 0 saturated heterocycles. The summed E-state index contributed by atoms with van der Waals surface area (Å²) in [6.07, 6.45) is 1.40. The SMILES string of the molecule is Cc1ccc(NC(=O)Cn2cnc(C(C)C)cc2=O)cc1Cl. The lowest BCUT2D eigenvalue weighted by atomic mass is 10.1. The number of halogens is 1. The molecule has 1 amide bonds. The molecule has 0 saturated carbocycles. The highest BCUT2D eigenvalue weighted by Crippen LogP contribution is 2.19.